The van der Waals surface area contributed by atoms with E-state index >= 15 is 4.39 Å². The van der Waals surface area contributed by atoms with Gasteiger partial charge in [-0.3, -0.25) is 23.7 Å². The number of aliphatic hydroxyl groups is 1. The van der Waals surface area contributed by atoms with Crippen molar-refractivity contribution in [2.75, 3.05) is 13.2 Å². The van der Waals surface area contributed by atoms with E-state index in [9.17, 15) is 24.1 Å². The smallest absolute Gasteiger partial charge is 0.459 e. The second-order valence-corrected chi connectivity index (χ2v) is 9.67. The molecule has 2 aliphatic rings. The third-order valence-electron chi connectivity index (χ3n) is 5.45. The van der Waals surface area contributed by atoms with Crippen LogP contribution in [-0.2, 0) is 23.4 Å². The van der Waals surface area contributed by atoms with E-state index in [-0.39, 0.29) is 18.8 Å². The van der Waals surface area contributed by atoms with Gasteiger partial charge >= 0.3 is 19.4 Å². The molecule has 2 fully saturated rings. The minimum Gasteiger partial charge on any atom is -0.464 e. The molecule has 2 unspecified atom stereocenters. The summed E-state index contributed by atoms with van der Waals surface area (Å²) in [5, 5.41) is 13.0. The van der Waals surface area contributed by atoms with Crippen LogP contribution in [0.25, 0.3) is 0 Å². The van der Waals surface area contributed by atoms with Crippen LogP contribution in [0.15, 0.2) is 52.2 Å². The number of aromatic amines is 1. The zero-order chi connectivity index (χ0) is 24.5. The Balaban J connectivity index is 1.53. The lowest BCUT2D eigenvalue weighted by Crippen LogP contribution is -2.43. The number of nitrogens with zero attached hydrogens (tertiary/aromatic N) is 1. The Morgan fingerprint density at radius 1 is 1.29 bits per heavy atom. The molecule has 6 atom stereocenters. The van der Waals surface area contributed by atoms with Gasteiger partial charge in [-0.25, -0.2) is 13.8 Å². The standard InChI is InChI=1S/C20H23FN3O9P/c1-20(21)16(26)14(32-18(20)24-9-7-15(25)22-19(24)28)11-31-34(29,23-13-8-10-30-17(13)27)33-12-5-3-2-4-6-12/h2-7,9,13-14,16,18,26H,8,10-11H2,1H3,(H,23,29)(H,22,25,28)/t13-,14?,16+,18+,20+,34?/m0/s1. The lowest BCUT2D eigenvalue weighted by molar-refractivity contribution is -0.139. The van der Waals surface area contributed by atoms with Crippen molar-refractivity contribution in [3.05, 3.63) is 63.4 Å². The fraction of sp³-hybridized carbons (Fsp3) is 0.450. The molecule has 2 aromatic rings. The van der Waals surface area contributed by atoms with Crippen LogP contribution >= 0.6 is 7.75 Å². The summed E-state index contributed by atoms with van der Waals surface area (Å²) in [6.07, 6.45) is -3.50. The minimum atomic E-state index is -4.24. The number of aliphatic hydroxyl groups excluding tert-OH is 1. The molecule has 0 saturated carbocycles. The molecule has 184 valence electrons. The van der Waals surface area contributed by atoms with E-state index < -0.39 is 61.7 Å². The summed E-state index contributed by atoms with van der Waals surface area (Å²) < 4.78 is 50.9. The first-order valence-electron chi connectivity index (χ1n) is 10.4. The predicted octanol–water partition coefficient (Wildman–Crippen LogP) is 0.632. The van der Waals surface area contributed by atoms with Crippen molar-refractivity contribution >= 4 is 13.7 Å². The Labute approximate surface area is 192 Å². The summed E-state index contributed by atoms with van der Waals surface area (Å²) in [7, 11) is -4.24. The van der Waals surface area contributed by atoms with Gasteiger partial charge in [-0.15, -0.1) is 0 Å². The second kappa shape index (κ2) is 9.43. The summed E-state index contributed by atoms with van der Waals surface area (Å²) in [5.74, 6) is -0.461. The van der Waals surface area contributed by atoms with Gasteiger partial charge in [0.05, 0.1) is 13.2 Å². The van der Waals surface area contributed by atoms with Gasteiger partial charge in [-0.1, -0.05) is 18.2 Å². The van der Waals surface area contributed by atoms with Gasteiger partial charge in [0.25, 0.3) is 5.56 Å². The van der Waals surface area contributed by atoms with Gasteiger partial charge in [0, 0.05) is 18.7 Å². The number of aromatic nitrogens is 2. The number of para-hydroxylation sites is 1. The number of carbonyl (C=O) groups excluding carboxylic acids is 1. The quantitative estimate of drug-likeness (QED) is 0.348. The van der Waals surface area contributed by atoms with Crippen molar-refractivity contribution in [1.29, 1.82) is 0 Å². The van der Waals surface area contributed by atoms with E-state index in [0.717, 1.165) is 23.8 Å². The molecule has 0 aliphatic carbocycles. The second-order valence-electron chi connectivity index (χ2n) is 7.98. The Morgan fingerprint density at radius 3 is 2.68 bits per heavy atom. The number of hydrogen-bond donors (Lipinski definition) is 3. The fourth-order valence-electron chi connectivity index (χ4n) is 3.65. The molecule has 2 saturated heterocycles. The van der Waals surface area contributed by atoms with Crippen LogP contribution in [0.5, 0.6) is 5.75 Å². The van der Waals surface area contributed by atoms with Crippen molar-refractivity contribution in [1.82, 2.24) is 14.6 Å². The van der Waals surface area contributed by atoms with Crippen molar-refractivity contribution in [3.8, 4) is 5.75 Å². The summed E-state index contributed by atoms with van der Waals surface area (Å²) in [6, 6.07) is 8.06. The number of rotatable bonds is 8. The Kier molecular flexibility index (Phi) is 6.74. The molecule has 3 N–H and O–H groups in total. The van der Waals surface area contributed by atoms with Crippen LogP contribution < -0.4 is 20.9 Å². The Morgan fingerprint density at radius 2 is 2.03 bits per heavy atom. The number of hydrogen-bond acceptors (Lipinski definition) is 9. The van der Waals surface area contributed by atoms with Crippen molar-refractivity contribution in [2.24, 2.45) is 0 Å². The van der Waals surface area contributed by atoms with E-state index in [4.69, 9.17) is 18.5 Å². The van der Waals surface area contributed by atoms with Crippen molar-refractivity contribution in [2.45, 2.75) is 43.5 Å². The molecule has 4 rings (SSSR count). The monoisotopic (exact) mass is 499 g/mol. The van der Waals surface area contributed by atoms with E-state index in [1.165, 1.54) is 12.1 Å². The first-order valence-corrected chi connectivity index (χ1v) is 11.9. The fourth-order valence-corrected chi connectivity index (χ4v) is 5.19. The van der Waals surface area contributed by atoms with Crippen LogP contribution in [0.3, 0.4) is 0 Å². The average Bonchev–Trinajstić information content (AvgIpc) is 3.28. The highest BCUT2D eigenvalue weighted by Crippen LogP contribution is 2.47. The highest BCUT2D eigenvalue weighted by Gasteiger charge is 2.56. The molecule has 1 aromatic heterocycles. The number of benzene rings is 1. The number of H-pyrrole nitrogens is 1. The van der Waals surface area contributed by atoms with E-state index in [1.807, 2.05) is 4.98 Å². The SMILES string of the molecule is C[C@@]1(F)[C@H](O)C(COP(=O)(N[C@H]2CCOC2=O)Oc2ccccc2)O[C@H]1n1ccc(=O)[nH]c1=O. The molecule has 1 aromatic carbocycles. The van der Waals surface area contributed by atoms with E-state index in [2.05, 4.69) is 5.09 Å². The lowest BCUT2D eigenvalue weighted by atomic mass is 9.98. The molecule has 14 heteroatoms. The first-order chi connectivity index (χ1) is 16.1. The molecule has 34 heavy (non-hydrogen) atoms. The molecule has 0 radical (unpaired) electrons. The number of alkyl halides is 1. The van der Waals surface area contributed by atoms with Gasteiger partial charge < -0.3 is 19.1 Å². The minimum absolute atomic E-state index is 0.127. The molecule has 3 heterocycles. The highest BCUT2D eigenvalue weighted by molar-refractivity contribution is 7.52. The topological polar surface area (TPSA) is 158 Å². The highest BCUT2D eigenvalue weighted by atomic mass is 31.2. The third-order valence-corrected chi connectivity index (χ3v) is 7.02. The maximum atomic E-state index is 15.4. The number of esters is 1. The van der Waals surface area contributed by atoms with E-state index in [1.54, 1.807) is 18.2 Å². The summed E-state index contributed by atoms with van der Waals surface area (Å²) in [4.78, 5) is 37.3. The molecule has 12 nitrogen and oxygen atoms in total. The lowest BCUT2D eigenvalue weighted by Gasteiger charge is -2.25. The zero-order valence-electron chi connectivity index (χ0n) is 18.0. The number of halogens is 1. The molecule has 0 bridgehead atoms. The van der Waals surface area contributed by atoms with Crippen LogP contribution in [0.2, 0.25) is 0 Å². The first kappa shape index (κ1) is 24.3. The summed E-state index contributed by atoms with van der Waals surface area (Å²) in [6.45, 7) is 0.531. The average molecular weight is 499 g/mol. The van der Waals surface area contributed by atoms with Crippen LogP contribution in [0, 0.1) is 0 Å². The number of carbonyl (C=O) groups is 1. The van der Waals surface area contributed by atoms with Gasteiger partial charge in [0.15, 0.2) is 11.9 Å². The molecule has 2 aliphatic heterocycles. The van der Waals surface area contributed by atoms with Crippen LogP contribution in [0.4, 0.5) is 4.39 Å². The van der Waals surface area contributed by atoms with Gasteiger partial charge in [-0.05, 0) is 19.1 Å². The van der Waals surface area contributed by atoms with Gasteiger partial charge in [0.2, 0.25) is 0 Å². The van der Waals surface area contributed by atoms with Crippen LogP contribution in [-0.4, -0.2) is 57.8 Å². The number of ether oxygens (including phenoxy) is 2. The summed E-state index contributed by atoms with van der Waals surface area (Å²) in [5.41, 5.74) is -4.09. The van der Waals surface area contributed by atoms with Crippen molar-refractivity contribution < 1.29 is 37.4 Å². The molecule has 0 amide bonds. The normalized spacial score (nSPS) is 30.6. The van der Waals surface area contributed by atoms with Crippen molar-refractivity contribution in [3.63, 3.8) is 0 Å². The largest absolute Gasteiger partial charge is 0.464 e. The van der Waals surface area contributed by atoms with E-state index in [0.29, 0.717) is 0 Å². The predicted molar refractivity (Wildman–Crippen MR) is 114 cm³/mol. The number of cyclic esters (lactones) is 1. The zero-order valence-corrected chi connectivity index (χ0v) is 18.9. The van der Waals surface area contributed by atoms with Crippen LogP contribution in [0.1, 0.15) is 19.6 Å². The maximum Gasteiger partial charge on any atom is 0.459 e. The molecular formula is C20H23FN3O9P. The number of nitrogens with one attached hydrogen (secondary N) is 2. The third kappa shape index (κ3) is 4.98. The Bertz CT molecular complexity index is 1200. The Hall–Kier alpha value is -2.83. The summed E-state index contributed by atoms with van der Waals surface area (Å²) >= 11 is 0. The maximum absolute atomic E-state index is 15.4. The van der Waals surface area contributed by atoms with Gasteiger partial charge in [0.1, 0.15) is 24.0 Å². The molecular weight excluding hydrogens is 476 g/mol. The van der Waals surface area contributed by atoms with Gasteiger partial charge in [-0.2, -0.15) is 5.09 Å². The molecule has 0 spiro atoms.